The molecule has 0 fully saturated rings. The summed E-state index contributed by atoms with van der Waals surface area (Å²) in [4.78, 5) is 19.0. The second-order valence-electron chi connectivity index (χ2n) is 5.66. The van der Waals surface area contributed by atoms with Crippen molar-refractivity contribution in [3.8, 4) is 5.88 Å². The summed E-state index contributed by atoms with van der Waals surface area (Å²) in [6, 6.07) is 7.17. The maximum atomic E-state index is 12.7. The van der Waals surface area contributed by atoms with Gasteiger partial charge in [0, 0.05) is 19.9 Å². The van der Waals surface area contributed by atoms with Crippen LogP contribution in [0.25, 0.3) is 0 Å². The summed E-state index contributed by atoms with van der Waals surface area (Å²) in [5.74, 6) is 0.908. The molecule has 2 heterocycles. The van der Waals surface area contributed by atoms with E-state index in [1.807, 2.05) is 12.1 Å². The summed E-state index contributed by atoms with van der Waals surface area (Å²) in [6.07, 6.45) is 3.25. The second-order valence-corrected chi connectivity index (χ2v) is 5.66. The monoisotopic (exact) mass is 361 g/mol. The van der Waals surface area contributed by atoms with E-state index in [0.717, 1.165) is 18.8 Å². The van der Waals surface area contributed by atoms with Gasteiger partial charge in [0.05, 0.1) is 18.9 Å². The molecule has 0 bridgehead atoms. The van der Waals surface area contributed by atoms with Crippen molar-refractivity contribution in [1.29, 1.82) is 0 Å². The number of furan rings is 1. The van der Waals surface area contributed by atoms with Gasteiger partial charge < -0.3 is 19.2 Å². The summed E-state index contributed by atoms with van der Waals surface area (Å²) in [5.41, 5.74) is 0.404. The number of pyridine rings is 1. The van der Waals surface area contributed by atoms with Crippen LogP contribution in [0.3, 0.4) is 0 Å². The first-order chi connectivity index (χ1) is 12.7. The molecule has 0 aromatic carbocycles. The van der Waals surface area contributed by atoms with Crippen molar-refractivity contribution in [3.05, 3.63) is 48.0 Å². The number of amides is 1. The fraction of sp³-hybridized carbons (Fsp3) is 0.474. The lowest BCUT2D eigenvalue weighted by Gasteiger charge is -2.28. The van der Waals surface area contributed by atoms with Gasteiger partial charge in [-0.05, 0) is 37.4 Å². The van der Waals surface area contributed by atoms with Gasteiger partial charge in [-0.1, -0.05) is 13.8 Å². The van der Waals surface area contributed by atoms with Crippen molar-refractivity contribution >= 4 is 5.91 Å². The zero-order valence-electron chi connectivity index (χ0n) is 15.6. The van der Waals surface area contributed by atoms with Gasteiger partial charge in [-0.2, -0.15) is 0 Å². The Bertz CT molecular complexity index is 657. The van der Waals surface area contributed by atoms with Crippen LogP contribution in [0.4, 0.5) is 0 Å². The lowest BCUT2D eigenvalue weighted by Crippen LogP contribution is -2.38. The summed E-state index contributed by atoms with van der Waals surface area (Å²) in [7, 11) is 1.59. The van der Waals surface area contributed by atoms with Crippen molar-refractivity contribution < 1.29 is 18.7 Å². The van der Waals surface area contributed by atoms with E-state index in [-0.39, 0.29) is 11.9 Å². The van der Waals surface area contributed by atoms with Crippen LogP contribution in [-0.4, -0.2) is 55.7 Å². The fourth-order valence-corrected chi connectivity index (χ4v) is 2.74. The third-order valence-corrected chi connectivity index (χ3v) is 4.12. The zero-order chi connectivity index (χ0) is 18.8. The largest absolute Gasteiger partial charge is 0.475 e. The molecular formula is C19H27N3O4. The molecule has 2 aromatic rings. The Balaban J connectivity index is 2.06. The topological polar surface area (TPSA) is 76.8 Å². The van der Waals surface area contributed by atoms with Crippen LogP contribution in [-0.2, 0) is 4.74 Å². The minimum atomic E-state index is -0.228. The molecule has 0 saturated heterocycles. The number of likely N-dealkylation sites (N-methyl/N-ethyl adjacent to an activating group) is 1. The number of methoxy groups -OCH3 is 1. The molecule has 0 radical (unpaired) electrons. The van der Waals surface area contributed by atoms with Crippen LogP contribution < -0.4 is 10.1 Å². The van der Waals surface area contributed by atoms with Crippen LogP contribution in [0.1, 0.15) is 36.0 Å². The van der Waals surface area contributed by atoms with Crippen molar-refractivity contribution in [1.82, 2.24) is 15.2 Å². The van der Waals surface area contributed by atoms with Gasteiger partial charge in [-0.25, -0.2) is 4.98 Å². The predicted molar refractivity (Wildman–Crippen MR) is 98.3 cm³/mol. The molecule has 1 unspecified atom stereocenters. The lowest BCUT2D eigenvalue weighted by atomic mass is 10.1. The Morgan fingerprint density at radius 1 is 1.27 bits per heavy atom. The minimum absolute atomic E-state index is 0.0292. The number of carbonyl (C=O) groups excluding carboxylic acids is 1. The molecule has 1 atom stereocenters. The molecule has 2 aromatic heterocycles. The highest BCUT2D eigenvalue weighted by atomic mass is 16.5. The van der Waals surface area contributed by atoms with E-state index < -0.39 is 0 Å². The van der Waals surface area contributed by atoms with Crippen LogP contribution in [0, 0.1) is 0 Å². The zero-order valence-corrected chi connectivity index (χ0v) is 15.6. The Hall–Kier alpha value is -2.38. The number of carbonyl (C=O) groups is 1. The summed E-state index contributed by atoms with van der Waals surface area (Å²) in [5, 5.41) is 2.98. The molecule has 1 N–H and O–H groups in total. The number of ether oxygens (including phenoxy) is 2. The molecule has 1 amide bonds. The van der Waals surface area contributed by atoms with Crippen molar-refractivity contribution in [2.45, 2.75) is 19.9 Å². The molecule has 26 heavy (non-hydrogen) atoms. The van der Waals surface area contributed by atoms with Crippen LogP contribution in [0.5, 0.6) is 5.88 Å². The molecule has 0 aliphatic carbocycles. The van der Waals surface area contributed by atoms with E-state index in [1.54, 1.807) is 31.7 Å². The van der Waals surface area contributed by atoms with Crippen LogP contribution in [0.15, 0.2) is 41.1 Å². The molecule has 0 spiro atoms. The van der Waals surface area contributed by atoms with Gasteiger partial charge in [-0.3, -0.25) is 9.69 Å². The molecule has 2 rings (SSSR count). The fourth-order valence-electron chi connectivity index (χ4n) is 2.74. The Labute approximate surface area is 154 Å². The molecule has 0 aliphatic rings. The average Bonchev–Trinajstić information content (AvgIpc) is 3.20. The smallest absolute Gasteiger partial charge is 0.256 e. The summed E-state index contributed by atoms with van der Waals surface area (Å²) < 4.78 is 16.1. The van der Waals surface area contributed by atoms with E-state index in [9.17, 15) is 4.79 Å². The summed E-state index contributed by atoms with van der Waals surface area (Å²) >= 11 is 0. The van der Waals surface area contributed by atoms with Gasteiger partial charge in [-0.15, -0.1) is 0 Å². The van der Waals surface area contributed by atoms with Crippen molar-refractivity contribution in [2.75, 3.05) is 40.0 Å². The first kappa shape index (κ1) is 19.9. The van der Waals surface area contributed by atoms with Gasteiger partial charge in [0.15, 0.2) is 0 Å². The quantitative estimate of drug-likeness (QED) is 0.620. The van der Waals surface area contributed by atoms with Gasteiger partial charge in [0.1, 0.15) is 17.9 Å². The van der Waals surface area contributed by atoms with Crippen LogP contribution in [0.2, 0.25) is 0 Å². The lowest BCUT2D eigenvalue weighted by molar-refractivity contribution is 0.0920. The molecule has 7 heteroatoms. The van der Waals surface area contributed by atoms with Gasteiger partial charge >= 0.3 is 0 Å². The maximum Gasteiger partial charge on any atom is 0.256 e. The molecule has 142 valence electrons. The second kappa shape index (κ2) is 10.6. The highest BCUT2D eigenvalue weighted by Gasteiger charge is 2.22. The van der Waals surface area contributed by atoms with Crippen LogP contribution >= 0.6 is 0 Å². The first-order valence-electron chi connectivity index (χ1n) is 8.83. The molecule has 7 nitrogen and oxygen atoms in total. The third-order valence-electron chi connectivity index (χ3n) is 4.12. The average molecular weight is 361 g/mol. The highest BCUT2D eigenvalue weighted by molar-refractivity contribution is 5.96. The van der Waals surface area contributed by atoms with Gasteiger partial charge in [0.25, 0.3) is 5.91 Å². The van der Waals surface area contributed by atoms with Crippen molar-refractivity contribution in [3.63, 3.8) is 0 Å². The first-order valence-corrected chi connectivity index (χ1v) is 8.83. The molecule has 0 saturated carbocycles. The number of hydrogen-bond donors (Lipinski definition) is 1. The third kappa shape index (κ3) is 5.31. The van der Waals surface area contributed by atoms with Crippen molar-refractivity contribution in [2.24, 2.45) is 0 Å². The molecule has 0 aliphatic heterocycles. The van der Waals surface area contributed by atoms with E-state index in [1.165, 1.54) is 0 Å². The van der Waals surface area contributed by atoms with E-state index >= 15 is 0 Å². The predicted octanol–water partition coefficient (Wildman–Crippen LogP) is 2.51. The number of nitrogens with zero attached hydrogens (tertiary/aromatic N) is 2. The Morgan fingerprint density at radius 3 is 2.73 bits per heavy atom. The number of hydrogen-bond acceptors (Lipinski definition) is 6. The number of rotatable bonds is 11. The Morgan fingerprint density at radius 2 is 2.08 bits per heavy atom. The SMILES string of the molecule is CCN(CC)C(CNC(=O)c1cccnc1OCCOC)c1ccco1. The summed E-state index contributed by atoms with van der Waals surface area (Å²) in [6.45, 7) is 7.09. The van der Waals surface area contributed by atoms with E-state index in [2.05, 4.69) is 29.0 Å². The number of aromatic nitrogens is 1. The standard InChI is InChI=1S/C19H27N3O4/c1-4-22(5-2)16(17-9-7-11-25-17)14-21-18(23)15-8-6-10-20-19(15)26-13-12-24-3/h6-11,16H,4-5,12-14H2,1-3H3,(H,21,23). The van der Waals surface area contributed by atoms with E-state index in [0.29, 0.717) is 31.2 Å². The number of nitrogens with one attached hydrogen (secondary N) is 1. The maximum absolute atomic E-state index is 12.7. The normalized spacial score (nSPS) is 12.2. The highest BCUT2D eigenvalue weighted by Crippen LogP contribution is 2.21. The van der Waals surface area contributed by atoms with Gasteiger partial charge in [0.2, 0.25) is 5.88 Å². The Kier molecular flexibility index (Phi) is 8.11. The van der Waals surface area contributed by atoms with E-state index in [4.69, 9.17) is 13.9 Å². The molecular weight excluding hydrogens is 334 g/mol. The minimum Gasteiger partial charge on any atom is -0.475 e.